The number of aryl methyl sites for hydroxylation is 1. The predicted octanol–water partition coefficient (Wildman–Crippen LogP) is 3.32. The Balaban J connectivity index is 2.08. The number of nitrogens with one attached hydrogen (secondary N) is 2. The van der Waals surface area contributed by atoms with Crippen molar-refractivity contribution in [3.05, 3.63) is 37.7 Å². The molecule has 0 fully saturated rings. The van der Waals surface area contributed by atoms with Gasteiger partial charge in [-0.15, -0.1) is 22.7 Å². The lowest BCUT2D eigenvalue weighted by Gasteiger charge is -2.36. The first-order valence-electron chi connectivity index (χ1n) is 6.91. The average molecular weight is 336 g/mol. The van der Waals surface area contributed by atoms with Crippen molar-refractivity contribution in [2.24, 2.45) is 0 Å². The monoisotopic (exact) mass is 336 g/mol. The number of carbonyl (C=O) groups is 2. The molecule has 0 unspecified atom stereocenters. The topological polar surface area (TPSA) is 67.4 Å². The Morgan fingerprint density at radius 1 is 1.41 bits per heavy atom. The van der Waals surface area contributed by atoms with Crippen LogP contribution in [0.25, 0.3) is 0 Å². The minimum absolute atomic E-state index is 0.172. The highest BCUT2D eigenvalue weighted by molar-refractivity contribution is 7.15. The molecule has 0 aromatic carbocycles. The van der Waals surface area contributed by atoms with E-state index < -0.39 is 11.6 Å². The van der Waals surface area contributed by atoms with Crippen LogP contribution in [0, 0.1) is 6.92 Å². The first-order valence-corrected chi connectivity index (χ1v) is 8.61. The number of rotatable bonds is 3. The van der Waals surface area contributed by atoms with Gasteiger partial charge < -0.3 is 15.4 Å². The van der Waals surface area contributed by atoms with Crippen LogP contribution in [0.15, 0.2) is 17.5 Å². The average Bonchev–Trinajstić information content (AvgIpc) is 3.07. The minimum Gasteiger partial charge on any atom is -0.462 e. The molecule has 2 aromatic heterocycles. The summed E-state index contributed by atoms with van der Waals surface area (Å²) < 4.78 is 5.10. The molecule has 0 bridgehead atoms. The Bertz CT molecular complexity index is 736. The van der Waals surface area contributed by atoms with E-state index in [1.807, 2.05) is 31.4 Å². The van der Waals surface area contributed by atoms with E-state index in [2.05, 4.69) is 10.6 Å². The lowest BCUT2D eigenvalue weighted by molar-refractivity contribution is 0.0533. The number of ether oxygens (including phenoxy) is 1. The summed E-state index contributed by atoms with van der Waals surface area (Å²) in [4.78, 5) is 26.9. The van der Waals surface area contributed by atoms with Crippen molar-refractivity contribution < 1.29 is 14.3 Å². The summed E-state index contributed by atoms with van der Waals surface area (Å²) >= 11 is 2.83. The van der Waals surface area contributed by atoms with Gasteiger partial charge in [-0.2, -0.15) is 0 Å². The van der Waals surface area contributed by atoms with Crippen LogP contribution < -0.4 is 10.6 Å². The zero-order chi connectivity index (χ0) is 15.9. The van der Waals surface area contributed by atoms with E-state index in [0.717, 1.165) is 9.75 Å². The van der Waals surface area contributed by atoms with Crippen molar-refractivity contribution in [3.8, 4) is 0 Å². The molecule has 3 heterocycles. The molecule has 116 valence electrons. The minimum atomic E-state index is -0.729. The molecule has 1 amide bonds. The number of fused-ring (bicyclic) bond motifs is 1. The summed E-state index contributed by atoms with van der Waals surface area (Å²) in [5.74, 6) is -0.568. The van der Waals surface area contributed by atoms with Crippen LogP contribution >= 0.6 is 22.7 Å². The van der Waals surface area contributed by atoms with Crippen molar-refractivity contribution in [3.63, 3.8) is 0 Å². The van der Waals surface area contributed by atoms with E-state index in [4.69, 9.17) is 4.74 Å². The summed E-state index contributed by atoms with van der Waals surface area (Å²) in [6.07, 6.45) is 0. The van der Waals surface area contributed by atoms with E-state index in [0.29, 0.717) is 22.7 Å². The van der Waals surface area contributed by atoms with Crippen molar-refractivity contribution in [1.82, 2.24) is 5.32 Å². The Labute approximate surface area is 136 Å². The molecule has 0 saturated heterocycles. The molecule has 0 radical (unpaired) electrons. The summed E-state index contributed by atoms with van der Waals surface area (Å²) in [5, 5.41) is 8.27. The molecule has 22 heavy (non-hydrogen) atoms. The van der Waals surface area contributed by atoms with Crippen LogP contribution in [-0.2, 0) is 10.4 Å². The van der Waals surface area contributed by atoms with Gasteiger partial charge in [-0.1, -0.05) is 6.07 Å². The Kier molecular flexibility index (Phi) is 3.70. The Morgan fingerprint density at radius 3 is 2.82 bits per heavy atom. The van der Waals surface area contributed by atoms with Gasteiger partial charge in [0.2, 0.25) is 0 Å². The smallest absolute Gasteiger partial charge is 0.350 e. The second kappa shape index (κ2) is 5.40. The third-order valence-corrected chi connectivity index (χ3v) is 5.70. The first kappa shape index (κ1) is 15.1. The lowest BCUT2D eigenvalue weighted by atomic mass is 10.0. The van der Waals surface area contributed by atoms with Crippen LogP contribution in [0.1, 0.15) is 43.6 Å². The third-order valence-electron chi connectivity index (χ3n) is 3.52. The molecule has 5 nitrogen and oxygen atoms in total. The zero-order valence-corrected chi connectivity index (χ0v) is 14.1. The van der Waals surface area contributed by atoms with E-state index >= 15 is 0 Å². The molecule has 0 saturated carbocycles. The van der Waals surface area contributed by atoms with Gasteiger partial charge in [-0.05, 0) is 32.2 Å². The molecular weight excluding hydrogens is 320 g/mol. The van der Waals surface area contributed by atoms with Crippen molar-refractivity contribution >= 4 is 40.2 Å². The maximum atomic E-state index is 12.5. The van der Waals surface area contributed by atoms with Crippen molar-refractivity contribution in [2.75, 3.05) is 11.9 Å². The first-order chi connectivity index (χ1) is 10.5. The molecular formula is C15H16N2O3S2. The SMILES string of the molecule is CCOC(=O)c1sc(C)c2c1N[C@@](C)(c1cccs1)NC2=O. The molecule has 7 heteroatoms. The molecule has 1 aliphatic heterocycles. The maximum Gasteiger partial charge on any atom is 0.350 e. The van der Waals surface area contributed by atoms with E-state index in [9.17, 15) is 9.59 Å². The molecule has 1 atom stereocenters. The summed E-state index contributed by atoms with van der Waals surface area (Å²) in [7, 11) is 0. The predicted molar refractivity (Wildman–Crippen MR) is 87.8 cm³/mol. The van der Waals surface area contributed by atoms with Gasteiger partial charge in [0, 0.05) is 9.75 Å². The number of carbonyl (C=O) groups excluding carboxylic acids is 2. The van der Waals surface area contributed by atoms with E-state index in [-0.39, 0.29) is 5.91 Å². The third kappa shape index (κ3) is 2.30. The van der Waals surface area contributed by atoms with Gasteiger partial charge in [0.15, 0.2) is 0 Å². The number of anilines is 1. The summed E-state index contributed by atoms with van der Waals surface area (Å²) in [6.45, 7) is 5.79. The highest BCUT2D eigenvalue weighted by atomic mass is 32.1. The fraction of sp³-hybridized carbons (Fsp3) is 0.333. The second-order valence-corrected chi connectivity index (χ2v) is 7.31. The second-order valence-electron chi connectivity index (χ2n) is 5.14. The number of thiophene rings is 2. The quantitative estimate of drug-likeness (QED) is 0.844. The number of esters is 1. The number of amides is 1. The number of hydrogen-bond donors (Lipinski definition) is 2. The molecule has 0 spiro atoms. The van der Waals surface area contributed by atoms with Gasteiger partial charge >= 0.3 is 5.97 Å². The van der Waals surface area contributed by atoms with Crippen molar-refractivity contribution in [2.45, 2.75) is 26.4 Å². The Morgan fingerprint density at radius 2 is 2.18 bits per heavy atom. The standard InChI is InChI=1S/C15H16N2O3S2/c1-4-20-14(19)12-11-10(8(2)22-12)13(18)17-15(3,16-11)9-6-5-7-21-9/h5-7,16H,4H2,1-3H3,(H,17,18)/t15-/m1/s1. The fourth-order valence-corrected chi connectivity index (χ4v) is 4.33. The largest absolute Gasteiger partial charge is 0.462 e. The normalized spacial score (nSPS) is 20.0. The van der Waals surface area contributed by atoms with E-state index in [1.165, 1.54) is 11.3 Å². The molecule has 2 N–H and O–H groups in total. The van der Waals surface area contributed by atoms with Crippen LogP contribution in [0.5, 0.6) is 0 Å². The van der Waals surface area contributed by atoms with Crippen molar-refractivity contribution in [1.29, 1.82) is 0 Å². The van der Waals surface area contributed by atoms with E-state index in [1.54, 1.807) is 18.3 Å². The highest BCUT2D eigenvalue weighted by Gasteiger charge is 2.40. The van der Waals surface area contributed by atoms with Crippen LogP contribution in [0.3, 0.4) is 0 Å². The van der Waals surface area contributed by atoms with Crippen LogP contribution in [0.2, 0.25) is 0 Å². The molecule has 1 aliphatic rings. The molecule has 3 rings (SSSR count). The van der Waals surface area contributed by atoms with Crippen LogP contribution in [-0.4, -0.2) is 18.5 Å². The Hall–Kier alpha value is -1.86. The summed E-state index contributed by atoms with van der Waals surface area (Å²) in [5.41, 5.74) is 0.371. The molecule has 2 aromatic rings. The van der Waals surface area contributed by atoms with Crippen LogP contribution in [0.4, 0.5) is 5.69 Å². The highest BCUT2D eigenvalue weighted by Crippen LogP contribution is 2.40. The maximum absolute atomic E-state index is 12.5. The van der Waals surface area contributed by atoms with Gasteiger partial charge in [-0.3, -0.25) is 4.79 Å². The zero-order valence-electron chi connectivity index (χ0n) is 12.5. The van der Waals surface area contributed by atoms with Gasteiger partial charge in [0.1, 0.15) is 10.5 Å². The lowest BCUT2D eigenvalue weighted by Crippen LogP contribution is -2.52. The molecule has 0 aliphatic carbocycles. The fourth-order valence-electron chi connectivity index (χ4n) is 2.53. The summed E-state index contributed by atoms with van der Waals surface area (Å²) in [6, 6.07) is 3.88. The van der Waals surface area contributed by atoms with Gasteiger partial charge in [0.05, 0.1) is 17.9 Å². The number of hydrogen-bond acceptors (Lipinski definition) is 6. The van der Waals surface area contributed by atoms with Gasteiger partial charge in [0.25, 0.3) is 5.91 Å². The van der Waals surface area contributed by atoms with Gasteiger partial charge in [-0.25, -0.2) is 4.79 Å².